The van der Waals surface area contributed by atoms with Gasteiger partial charge < -0.3 is 9.84 Å². The number of aliphatic carboxylic acids is 1. The topological polar surface area (TPSA) is 46.5 Å². The summed E-state index contributed by atoms with van der Waals surface area (Å²) in [6, 6.07) is 0. The number of hydrogen-bond acceptors (Lipinski definition) is 2. The lowest BCUT2D eigenvalue weighted by atomic mass is 9.83. The van der Waals surface area contributed by atoms with E-state index in [0.717, 1.165) is 32.1 Å². The lowest BCUT2D eigenvalue weighted by molar-refractivity contribution is -0.183. The van der Waals surface area contributed by atoms with Crippen LogP contribution < -0.4 is 0 Å². The van der Waals surface area contributed by atoms with Gasteiger partial charge in [-0.2, -0.15) is 0 Å². The molecule has 0 bridgehead atoms. The molecule has 1 N–H and O–H groups in total. The molecule has 0 aliphatic heterocycles. The van der Waals surface area contributed by atoms with Crippen molar-refractivity contribution in [2.75, 3.05) is 0 Å². The van der Waals surface area contributed by atoms with Crippen LogP contribution in [0.15, 0.2) is 0 Å². The second-order valence-electron chi connectivity index (χ2n) is 5.87. The Labute approximate surface area is 104 Å². The van der Waals surface area contributed by atoms with Crippen molar-refractivity contribution in [1.82, 2.24) is 0 Å². The highest BCUT2D eigenvalue weighted by atomic mass is 16.5. The summed E-state index contributed by atoms with van der Waals surface area (Å²) in [5.74, 6) is -0.0568. The molecule has 0 spiro atoms. The van der Waals surface area contributed by atoms with Crippen LogP contribution in [0, 0.1) is 5.92 Å². The van der Waals surface area contributed by atoms with E-state index in [9.17, 15) is 9.90 Å². The van der Waals surface area contributed by atoms with E-state index in [2.05, 4.69) is 6.92 Å². The Bertz CT molecular complexity index is 269. The van der Waals surface area contributed by atoms with Crippen molar-refractivity contribution >= 4 is 5.97 Å². The zero-order valence-electron chi connectivity index (χ0n) is 10.8. The van der Waals surface area contributed by atoms with Crippen molar-refractivity contribution in [2.45, 2.75) is 76.4 Å². The van der Waals surface area contributed by atoms with Gasteiger partial charge in [0.15, 0.2) is 5.60 Å². The van der Waals surface area contributed by atoms with Gasteiger partial charge in [-0.25, -0.2) is 4.79 Å². The highest BCUT2D eigenvalue weighted by molar-refractivity contribution is 5.77. The van der Waals surface area contributed by atoms with E-state index in [1.807, 2.05) is 0 Å². The summed E-state index contributed by atoms with van der Waals surface area (Å²) in [6.07, 6.45) is 9.24. The average molecular weight is 240 g/mol. The molecular weight excluding hydrogens is 216 g/mol. The summed E-state index contributed by atoms with van der Waals surface area (Å²) in [4.78, 5) is 11.5. The smallest absolute Gasteiger partial charge is 0.335 e. The Kier molecular flexibility index (Phi) is 4.08. The minimum absolute atomic E-state index is 0.174. The molecule has 0 saturated heterocycles. The first-order valence-corrected chi connectivity index (χ1v) is 7.04. The van der Waals surface area contributed by atoms with Crippen LogP contribution in [0.3, 0.4) is 0 Å². The maximum atomic E-state index is 11.5. The average Bonchev–Trinajstić information content (AvgIpc) is 2.30. The number of carboxylic acid groups (broad SMARTS) is 1. The van der Waals surface area contributed by atoms with Crippen LogP contribution in [0.5, 0.6) is 0 Å². The van der Waals surface area contributed by atoms with Crippen molar-refractivity contribution < 1.29 is 14.6 Å². The van der Waals surface area contributed by atoms with Crippen molar-refractivity contribution in [3.63, 3.8) is 0 Å². The minimum atomic E-state index is -0.861. The lowest BCUT2D eigenvalue weighted by Gasteiger charge is -2.38. The molecule has 2 saturated carbocycles. The Morgan fingerprint density at radius 3 is 2.47 bits per heavy atom. The normalized spacial score (nSPS) is 33.2. The van der Waals surface area contributed by atoms with E-state index in [1.165, 1.54) is 12.8 Å². The first kappa shape index (κ1) is 12.9. The van der Waals surface area contributed by atoms with Crippen molar-refractivity contribution in [2.24, 2.45) is 5.92 Å². The van der Waals surface area contributed by atoms with Gasteiger partial charge in [0.1, 0.15) is 0 Å². The number of ether oxygens (including phenoxy) is 1. The van der Waals surface area contributed by atoms with Gasteiger partial charge in [0.05, 0.1) is 6.10 Å². The fourth-order valence-corrected chi connectivity index (χ4v) is 3.31. The molecule has 17 heavy (non-hydrogen) atoms. The quantitative estimate of drug-likeness (QED) is 0.822. The van der Waals surface area contributed by atoms with Crippen molar-refractivity contribution in [3.8, 4) is 0 Å². The first-order chi connectivity index (χ1) is 8.12. The third-order valence-electron chi connectivity index (χ3n) is 4.33. The Hall–Kier alpha value is -0.570. The second-order valence-corrected chi connectivity index (χ2v) is 5.87. The molecule has 0 aromatic heterocycles. The van der Waals surface area contributed by atoms with E-state index < -0.39 is 11.6 Å². The SMILES string of the molecule is CC1CCCC(OC2(C(=O)O)CCCCC2)C1. The highest BCUT2D eigenvalue weighted by Gasteiger charge is 2.43. The third-order valence-corrected chi connectivity index (χ3v) is 4.33. The van der Waals surface area contributed by atoms with Crippen molar-refractivity contribution in [3.05, 3.63) is 0 Å². The predicted molar refractivity (Wildman–Crippen MR) is 66.0 cm³/mol. The van der Waals surface area contributed by atoms with E-state index in [1.54, 1.807) is 0 Å². The summed E-state index contributed by atoms with van der Waals surface area (Å²) in [5, 5.41) is 9.46. The van der Waals surface area contributed by atoms with Gasteiger partial charge in [0.25, 0.3) is 0 Å². The fourth-order valence-electron chi connectivity index (χ4n) is 3.31. The maximum absolute atomic E-state index is 11.5. The molecule has 0 aromatic carbocycles. The lowest BCUT2D eigenvalue weighted by Crippen LogP contribution is -2.46. The van der Waals surface area contributed by atoms with Crippen molar-refractivity contribution in [1.29, 1.82) is 0 Å². The monoisotopic (exact) mass is 240 g/mol. The van der Waals surface area contributed by atoms with Crippen LogP contribution in [0.25, 0.3) is 0 Å². The van der Waals surface area contributed by atoms with Crippen LogP contribution in [0.2, 0.25) is 0 Å². The van der Waals surface area contributed by atoms with Gasteiger partial charge in [0.2, 0.25) is 0 Å². The molecule has 2 fully saturated rings. The molecule has 2 atom stereocenters. The zero-order chi connectivity index (χ0) is 12.3. The standard InChI is InChI=1S/C14H24O3/c1-11-6-5-7-12(10-11)17-14(13(15)16)8-3-2-4-9-14/h11-12H,2-10H2,1H3,(H,15,16). The number of rotatable bonds is 3. The van der Waals surface area contributed by atoms with Crippen LogP contribution >= 0.6 is 0 Å². The van der Waals surface area contributed by atoms with Gasteiger partial charge in [-0.1, -0.05) is 26.2 Å². The number of carboxylic acids is 1. The molecule has 98 valence electrons. The molecule has 2 rings (SSSR count). The Morgan fingerprint density at radius 1 is 1.18 bits per heavy atom. The summed E-state index contributed by atoms with van der Waals surface area (Å²) < 4.78 is 6.05. The summed E-state index contributed by atoms with van der Waals surface area (Å²) in [7, 11) is 0. The molecule has 0 heterocycles. The van der Waals surface area contributed by atoms with Crippen LogP contribution in [-0.2, 0) is 9.53 Å². The van der Waals surface area contributed by atoms with E-state index in [0.29, 0.717) is 18.8 Å². The molecule has 0 amide bonds. The summed E-state index contributed by atoms with van der Waals surface area (Å²) >= 11 is 0. The zero-order valence-corrected chi connectivity index (χ0v) is 10.8. The Balaban J connectivity index is 1.99. The van der Waals surface area contributed by atoms with E-state index >= 15 is 0 Å². The number of carbonyl (C=O) groups is 1. The first-order valence-electron chi connectivity index (χ1n) is 7.04. The van der Waals surface area contributed by atoms with Gasteiger partial charge in [-0.15, -0.1) is 0 Å². The molecule has 3 heteroatoms. The van der Waals surface area contributed by atoms with E-state index in [-0.39, 0.29) is 6.10 Å². The molecule has 0 radical (unpaired) electrons. The van der Waals surface area contributed by atoms with Gasteiger partial charge in [-0.05, 0) is 44.4 Å². The third kappa shape index (κ3) is 3.01. The minimum Gasteiger partial charge on any atom is -0.479 e. The summed E-state index contributed by atoms with van der Waals surface area (Å²) in [6.45, 7) is 2.24. The maximum Gasteiger partial charge on any atom is 0.335 e. The molecule has 2 aliphatic carbocycles. The molecule has 3 nitrogen and oxygen atoms in total. The Morgan fingerprint density at radius 2 is 1.88 bits per heavy atom. The molecule has 0 aromatic rings. The van der Waals surface area contributed by atoms with Gasteiger partial charge >= 0.3 is 5.97 Å². The predicted octanol–water partition coefficient (Wildman–Crippen LogP) is 3.37. The molecular formula is C14H24O3. The van der Waals surface area contributed by atoms with E-state index in [4.69, 9.17) is 4.74 Å². The molecule has 2 unspecified atom stereocenters. The van der Waals surface area contributed by atoms with Crippen LogP contribution in [-0.4, -0.2) is 22.8 Å². The van der Waals surface area contributed by atoms with Crippen LogP contribution in [0.4, 0.5) is 0 Å². The van der Waals surface area contributed by atoms with Gasteiger partial charge in [0, 0.05) is 0 Å². The summed E-state index contributed by atoms with van der Waals surface area (Å²) in [5.41, 5.74) is -0.861. The fraction of sp³-hybridized carbons (Fsp3) is 0.929. The molecule has 2 aliphatic rings. The number of hydrogen-bond donors (Lipinski definition) is 1. The second kappa shape index (κ2) is 5.38. The van der Waals surface area contributed by atoms with Gasteiger partial charge in [-0.3, -0.25) is 0 Å². The largest absolute Gasteiger partial charge is 0.479 e. The van der Waals surface area contributed by atoms with Crippen LogP contribution in [0.1, 0.15) is 64.7 Å². The highest BCUT2D eigenvalue weighted by Crippen LogP contribution is 2.36.